The van der Waals surface area contributed by atoms with E-state index < -0.39 is 23.4 Å². The van der Waals surface area contributed by atoms with Gasteiger partial charge in [-0.2, -0.15) is 26.3 Å². The predicted molar refractivity (Wildman–Crippen MR) is 153 cm³/mol. The second kappa shape index (κ2) is 12.9. The van der Waals surface area contributed by atoms with Gasteiger partial charge in [0, 0.05) is 23.4 Å². The molecular weight excluding hydrogens is 572 g/mol. The minimum atomic E-state index is -5.93. The third kappa shape index (κ3) is 6.95. The Hall–Kier alpha value is -3.66. The third-order valence-electron chi connectivity index (χ3n) is 7.94. The van der Waals surface area contributed by atoms with Gasteiger partial charge in [-0.05, 0) is 84.7 Å². The summed E-state index contributed by atoms with van der Waals surface area (Å²) in [6.45, 7) is 9.64. The Morgan fingerprint density at radius 1 is 0.860 bits per heavy atom. The van der Waals surface area contributed by atoms with E-state index in [-0.39, 0.29) is 24.0 Å². The molecule has 0 spiro atoms. The molecule has 0 unspecified atom stereocenters. The summed E-state index contributed by atoms with van der Waals surface area (Å²) in [5.74, 6) is -0.336. The summed E-state index contributed by atoms with van der Waals surface area (Å²) in [6.07, 6.45) is -6.66. The average molecular weight is 608 g/mol. The van der Waals surface area contributed by atoms with Crippen LogP contribution in [0.1, 0.15) is 67.0 Å². The van der Waals surface area contributed by atoms with E-state index in [1.165, 1.54) is 6.07 Å². The van der Waals surface area contributed by atoms with Crippen molar-refractivity contribution < 1.29 is 41.0 Å². The van der Waals surface area contributed by atoms with Crippen LogP contribution in [0, 0.1) is 13.8 Å². The number of benzene rings is 2. The van der Waals surface area contributed by atoms with E-state index in [0.717, 1.165) is 33.4 Å². The van der Waals surface area contributed by atoms with E-state index in [9.17, 15) is 36.2 Å². The van der Waals surface area contributed by atoms with E-state index in [1.807, 2.05) is 39.0 Å². The second-order valence-electron chi connectivity index (χ2n) is 10.5. The number of pyridine rings is 1. The van der Waals surface area contributed by atoms with Crippen molar-refractivity contribution in [2.24, 2.45) is 0 Å². The molecule has 4 nitrogen and oxygen atoms in total. The number of ether oxygens (including phenoxy) is 1. The fourth-order valence-corrected chi connectivity index (χ4v) is 5.35. The number of aliphatic hydroxyl groups is 1. The summed E-state index contributed by atoms with van der Waals surface area (Å²) in [5.41, 5.74) is 0.463. The lowest BCUT2D eigenvalue weighted by Crippen LogP contribution is -2.55. The number of carbonyl (C=O) groups excluding carboxylic acids is 1. The molecule has 10 heteroatoms. The van der Waals surface area contributed by atoms with E-state index in [2.05, 4.69) is 11.1 Å². The zero-order valence-corrected chi connectivity index (χ0v) is 24.7. The number of rotatable bonds is 10. The number of hydrogen-bond donors (Lipinski definition) is 1. The van der Waals surface area contributed by atoms with Crippen LogP contribution in [0.25, 0.3) is 17.2 Å². The largest absolute Gasteiger partial charge is 0.466 e. The Morgan fingerprint density at radius 2 is 1.44 bits per heavy atom. The molecule has 3 aromatic rings. The standard InChI is InChI=1S/C33H35F6NO3/c1-6-30(7-2,26-10-9-24(21(4)15-26)13-14-31(42,32(34,35)36)33(37,38)39)27-11-12-28(22(5)16-27)25-17-23(19-40-20-25)18-29(41)43-8-3/h9-17,19-20,42H,6-8,18H2,1-5H3. The number of halogens is 6. The second-order valence-corrected chi connectivity index (χ2v) is 10.5. The van der Waals surface area contributed by atoms with Gasteiger partial charge in [-0.3, -0.25) is 9.78 Å². The number of nitrogens with zero attached hydrogens (tertiary/aromatic N) is 1. The van der Waals surface area contributed by atoms with E-state index in [4.69, 9.17) is 4.74 Å². The molecule has 43 heavy (non-hydrogen) atoms. The maximum atomic E-state index is 13.1. The van der Waals surface area contributed by atoms with Crippen LogP contribution >= 0.6 is 0 Å². The Morgan fingerprint density at radius 3 is 1.95 bits per heavy atom. The van der Waals surface area contributed by atoms with Crippen LogP contribution in [-0.4, -0.2) is 40.6 Å². The molecule has 1 aromatic heterocycles. The van der Waals surface area contributed by atoms with Crippen molar-refractivity contribution in [1.82, 2.24) is 4.98 Å². The minimum absolute atomic E-state index is 0.108. The Labute approximate surface area is 247 Å². The average Bonchev–Trinajstić information content (AvgIpc) is 2.92. The van der Waals surface area contributed by atoms with Crippen molar-refractivity contribution in [2.45, 2.75) is 77.2 Å². The normalized spacial score (nSPS) is 13.0. The first-order valence-corrected chi connectivity index (χ1v) is 13.9. The van der Waals surface area contributed by atoms with Crippen molar-refractivity contribution in [2.75, 3.05) is 6.61 Å². The first kappa shape index (κ1) is 33.8. The van der Waals surface area contributed by atoms with Crippen LogP contribution in [0.15, 0.2) is 60.9 Å². The van der Waals surface area contributed by atoms with Crippen LogP contribution in [0.4, 0.5) is 26.3 Å². The van der Waals surface area contributed by atoms with Gasteiger partial charge in [-0.25, -0.2) is 0 Å². The molecule has 0 atom stereocenters. The van der Waals surface area contributed by atoms with Gasteiger partial charge >= 0.3 is 18.3 Å². The van der Waals surface area contributed by atoms with Crippen LogP contribution in [-0.2, 0) is 21.4 Å². The van der Waals surface area contributed by atoms with Crippen LogP contribution in [0.2, 0.25) is 0 Å². The quantitative estimate of drug-likeness (QED) is 0.186. The van der Waals surface area contributed by atoms with Crippen LogP contribution in [0.3, 0.4) is 0 Å². The monoisotopic (exact) mass is 607 g/mol. The van der Waals surface area contributed by atoms with Gasteiger partial charge in [0.25, 0.3) is 5.60 Å². The predicted octanol–water partition coefficient (Wildman–Crippen LogP) is 8.45. The van der Waals surface area contributed by atoms with Gasteiger partial charge in [-0.1, -0.05) is 56.3 Å². The van der Waals surface area contributed by atoms with Gasteiger partial charge in [0.05, 0.1) is 13.0 Å². The van der Waals surface area contributed by atoms with Gasteiger partial charge < -0.3 is 9.84 Å². The molecule has 2 aromatic carbocycles. The lowest BCUT2D eigenvalue weighted by Gasteiger charge is -2.34. The molecule has 0 bridgehead atoms. The molecule has 3 rings (SSSR count). The zero-order valence-electron chi connectivity index (χ0n) is 24.7. The summed E-state index contributed by atoms with van der Waals surface area (Å²) in [5, 5.41) is 9.49. The summed E-state index contributed by atoms with van der Waals surface area (Å²) in [4.78, 5) is 16.2. The third-order valence-corrected chi connectivity index (χ3v) is 7.94. The van der Waals surface area contributed by atoms with Crippen molar-refractivity contribution >= 4 is 12.0 Å². The number of carbonyl (C=O) groups is 1. The molecule has 0 saturated heterocycles. The molecule has 0 aliphatic heterocycles. The maximum Gasteiger partial charge on any atom is 0.430 e. The number of aryl methyl sites for hydroxylation is 2. The molecule has 1 heterocycles. The zero-order chi connectivity index (χ0) is 32.2. The number of aromatic nitrogens is 1. The number of alkyl halides is 6. The molecule has 1 N–H and O–H groups in total. The van der Waals surface area contributed by atoms with Crippen LogP contribution in [0.5, 0.6) is 0 Å². The molecule has 0 radical (unpaired) electrons. The van der Waals surface area contributed by atoms with Gasteiger partial charge in [-0.15, -0.1) is 0 Å². The highest BCUT2D eigenvalue weighted by atomic mass is 19.4. The van der Waals surface area contributed by atoms with Gasteiger partial charge in [0.15, 0.2) is 0 Å². The topological polar surface area (TPSA) is 59.4 Å². The molecular formula is C33H35F6NO3. The van der Waals surface area contributed by atoms with Crippen molar-refractivity contribution in [1.29, 1.82) is 0 Å². The lowest BCUT2D eigenvalue weighted by atomic mass is 9.69. The summed E-state index contributed by atoms with van der Waals surface area (Å²) in [6, 6.07) is 12.9. The highest BCUT2D eigenvalue weighted by molar-refractivity contribution is 5.74. The molecule has 232 valence electrons. The summed E-state index contributed by atoms with van der Waals surface area (Å²) >= 11 is 0. The molecule has 0 fully saturated rings. The van der Waals surface area contributed by atoms with E-state index in [1.54, 1.807) is 38.4 Å². The van der Waals surface area contributed by atoms with Crippen LogP contribution < -0.4 is 0 Å². The molecule has 0 amide bonds. The molecule has 0 saturated carbocycles. The lowest BCUT2D eigenvalue weighted by molar-refractivity contribution is -0.347. The summed E-state index contributed by atoms with van der Waals surface area (Å²) in [7, 11) is 0. The molecule has 0 aliphatic carbocycles. The van der Waals surface area contributed by atoms with E-state index >= 15 is 0 Å². The van der Waals surface area contributed by atoms with Gasteiger partial charge in [0.1, 0.15) is 0 Å². The Balaban J connectivity index is 1.99. The number of esters is 1. The highest BCUT2D eigenvalue weighted by Gasteiger charge is 2.68. The first-order chi connectivity index (χ1) is 20.0. The molecule has 0 aliphatic rings. The van der Waals surface area contributed by atoms with Crippen molar-refractivity contribution in [3.63, 3.8) is 0 Å². The Bertz CT molecular complexity index is 1460. The summed E-state index contributed by atoms with van der Waals surface area (Å²) < 4.78 is 83.8. The maximum absolute atomic E-state index is 13.1. The smallest absolute Gasteiger partial charge is 0.430 e. The highest BCUT2D eigenvalue weighted by Crippen LogP contribution is 2.45. The Kier molecular flexibility index (Phi) is 10.2. The van der Waals surface area contributed by atoms with Gasteiger partial charge in [0.2, 0.25) is 0 Å². The van der Waals surface area contributed by atoms with E-state index in [0.29, 0.717) is 31.1 Å². The minimum Gasteiger partial charge on any atom is -0.466 e. The van der Waals surface area contributed by atoms with Crippen molar-refractivity contribution in [3.05, 3.63) is 94.3 Å². The number of hydrogen-bond acceptors (Lipinski definition) is 4. The fraction of sp³-hybridized carbons (Fsp3) is 0.394. The van der Waals surface area contributed by atoms with Crippen molar-refractivity contribution in [3.8, 4) is 11.1 Å². The first-order valence-electron chi connectivity index (χ1n) is 13.9. The fourth-order valence-electron chi connectivity index (χ4n) is 5.35. The SMILES string of the molecule is CCOC(=O)Cc1cncc(-c2ccc(C(CC)(CC)c3ccc(C=CC(O)(C(F)(F)F)C(F)(F)F)c(C)c3)cc2C)c1.